The van der Waals surface area contributed by atoms with E-state index in [2.05, 4.69) is 4.72 Å². The average molecular weight is 254 g/mol. The Balaban J connectivity index is 2.94. The van der Waals surface area contributed by atoms with Gasteiger partial charge in [-0.3, -0.25) is 0 Å². The van der Waals surface area contributed by atoms with Crippen molar-refractivity contribution in [2.45, 2.75) is 17.9 Å². The van der Waals surface area contributed by atoms with Crippen LogP contribution in [0.25, 0.3) is 0 Å². The summed E-state index contributed by atoms with van der Waals surface area (Å²) in [4.78, 5) is 0.0829. The first-order valence-electron chi connectivity index (χ1n) is 5.01. The lowest BCUT2D eigenvalue weighted by atomic mass is 10.2. The molecule has 0 aliphatic carbocycles. The summed E-state index contributed by atoms with van der Waals surface area (Å²) in [5.41, 5.74) is 0.312. The van der Waals surface area contributed by atoms with Gasteiger partial charge < -0.3 is 4.74 Å². The molecule has 1 N–H and O–H groups in total. The van der Waals surface area contributed by atoms with Crippen LogP contribution in [0.2, 0.25) is 0 Å². The molecule has 92 valence electrons. The van der Waals surface area contributed by atoms with Crippen molar-refractivity contribution in [2.24, 2.45) is 0 Å². The van der Waals surface area contributed by atoms with Crippen LogP contribution in [0.4, 0.5) is 0 Å². The summed E-state index contributed by atoms with van der Waals surface area (Å²) in [6, 6.07) is 7.45. The molecule has 17 heavy (non-hydrogen) atoms. The van der Waals surface area contributed by atoms with Crippen LogP contribution in [0, 0.1) is 11.3 Å². The van der Waals surface area contributed by atoms with E-state index in [4.69, 9.17) is 10.00 Å². The molecule has 0 amide bonds. The van der Waals surface area contributed by atoms with Gasteiger partial charge in [0.15, 0.2) is 0 Å². The SMILES string of the molecule is COC[C@H](C)NS(=O)(=O)c1cccc(C#N)c1. The molecule has 0 aromatic heterocycles. The van der Waals surface area contributed by atoms with Gasteiger partial charge in [0.2, 0.25) is 10.0 Å². The molecule has 0 heterocycles. The predicted molar refractivity (Wildman–Crippen MR) is 62.8 cm³/mol. The van der Waals surface area contributed by atoms with Crippen molar-refractivity contribution in [1.29, 1.82) is 5.26 Å². The molecule has 1 atom stereocenters. The third-order valence-corrected chi connectivity index (χ3v) is 3.63. The first-order chi connectivity index (χ1) is 7.99. The molecule has 0 saturated carbocycles. The summed E-state index contributed by atoms with van der Waals surface area (Å²) in [5.74, 6) is 0. The summed E-state index contributed by atoms with van der Waals surface area (Å²) in [5, 5.41) is 8.71. The molecular formula is C11H14N2O3S. The van der Waals surface area contributed by atoms with Crippen LogP contribution in [0.1, 0.15) is 12.5 Å². The minimum absolute atomic E-state index is 0.0829. The first kappa shape index (κ1) is 13.6. The van der Waals surface area contributed by atoms with E-state index < -0.39 is 10.0 Å². The number of benzene rings is 1. The third-order valence-electron chi connectivity index (χ3n) is 2.05. The second-order valence-electron chi connectivity index (χ2n) is 3.62. The maximum Gasteiger partial charge on any atom is 0.240 e. The van der Waals surface area contributed by atoms with Gasteiger partial charge >= 0.3 is 0 Å². The molecule has 1 aromatic carbocycles. The zero-order chi connectivity index (χ0) is 12.9. The van der Waals surface area contributed by atoms with E-state index in [0.29, 0.717) is 5.56 Å². The zero-order valence-electron chi connectivity index (χ0n) is 9.67. The van der Waals surface area contributed by atoms with Crippen LogP contribution in [0.5, 0.6) is 0 Å². The van der Waals surface area contributed by atoms with Crippen LogP contribution < -0.4 is 4.72 Å². The number of nitrogens with one attached hydrogen (secondary N) is 1. The number of rotatable bonds is 5. The molecule has 0 radical (unpaired) electrons. The predicted octanol–water partition coefficient (Wildman–Crippen LogP) is 0.871. The van der Waals surface area contributed by atoms with Crippen molar-refractivity contribution >= 4 is 10.0 Å². The van der Waals surface area contributed by atoms with Gasteiger partial charge in [-0.15, -0.1) is 0 Å². The maximum atomic E-state index is 11.9. The van der Waals surface area contributed by atoms with Crippen molar-refractivity contribution in [3.8, 4) is 6.07 Å². The summed E-state index contributed by atoms with van der Waals surface area (Å²) in [6.07, 6.45) is 0. The Morgan fingerprint density at radius 1 is 1.53 bits per heavy atom. The van der Waals surface area contributed by atoms with E-state index in [1.165, 1.54) is 25.3 Å². The molecule has 0 saturated heterocycles. The third kappa shape index (κ3) is 3.82. The minimum atomic E-state index is -3.60. The van der Waals surface area contributed by atoms with E-state index in [0.717, 1.165) is 0 Å². The van der Waals surface area contributed by atoms with Crippen molar-refractivity contribution in [1.82, 2.24) is 4.72 Å². The summed E-state index contributed by atoms with van der Waals surface area (Å²) < 4.78 is 31.1. The Morgan fingerprint density at radius 3 is 2.82 bits per heavy atom. The standard InChI is InChI=1S/C11H14N2O3S/c1-9(8-16-2)13-17(14,15)11-5-3-4-10(6-11)7-12/h3-6,9,13H,8H2,1-2H3/t9-/m0/s1. The van der Waals surface area contributed by atoms with E-state index in [-0.39, 0.29) is 17.5 Å². The van der Waals surface area contributed by atoms with E-state index in [9.17, 15) is 8.42 Å². The van der Waals surface area contributed by atoms with Crippen LogP contribution in [0.3, 0.4) is 0 Å². The molecule has 1 aromatic rings. The monoisotopic (exact) mass is 254 g/mol. The summed E-state index contributed by atoms with van der Waals surface area (Å²) >= 11 is 0. The van der Waals surface area contributed by atoms with Gasteiger partial charge in [-0.1, -0.05) is 6.07 Å². The highest BCUT2D eigenvalue weighted by Crippen LogP contribution is 2.11. The highest BCUT2D eigenvalue weighted by molar-refractivity contribution is 7.89. The van der Waals surface area contributed by atoms with Gasteiger partial charge in [-0.2, -0.15) is 5.26 Å². The number of nitrogens with zero attached hydrogens (tertiary/aromatic N) is 1. The Bertz CT molecular complexity index is 520. The number of hydrogen-bond acceptors (Lipinski definition) is 4. The lowest BCUT2D eigenvalue weighted by Crippen LogP contribution is -2.35. The van der Waals surface area contributed by atoms with Gasteiger partial charge in [0, 0.05) is 13.2 Å². The lowest BCUT2D eigenvalue weighted by molar-refractivity contribution is 0.180. The number of methoxy groups -OCH3 is 1. The molecule has 0 aliphatic rings. The van der Waals surface area contributed by atoms with Gasteiger partial charge in [0.25, 0.3) is 0 Å². The molecule has 0 unspecified atom stereocenters. The number of sulfonamides is 1. The second kappa shape index (κ2) is 5.77. The van der Waals surface area contributed by atoms with Crippen molar-refractivity contribution < 1.29 is 13.2 Å². The molecule has 6 heteroatoms. The fourth-order valence-electron chi connectivity index (χ4n) is 1.35. The molecule has 0 bridgehead atoms. The zero-order valence-corrected chi connectivity index (χ0v) is 10.5. The topological polar surface area (TPSA) is 79.2 Å². The average Bonchev–Trinajstić information content (AvgIpc) is 2.28. The van der Waals surface area contributed by atoms with E-state index >= 15 is 0 Å². The van der Waals surface area contributed by atoms with Crippen LogP contribution in [-0.4, -0.2) is 28.2 Å². The Labute approximate surface area is 101 Å². The molecule has 0 fully saturated rings. The maximum absolute atomic E-state index is 11.9. The van der Waals surface area contributed by atoms with Crippen LogP contribution >= 0.6 is 0 Å². The molecular weight excluding hydrogens is 240 g/mol. The number of ether oxygens (including phenoxy) is 1. The number of nitriles is 1. The quantitative estimate of drug-likeness (QED) is 0.845. The Hall–Kier alpha value is -1.42. The van der Waals surface area contributed by atoms with Crippen molar-refractivity contribution in [3.05, 3.63) is 29.8 Å². The van der Waals surface area contributed by atoms with E-state index in [1.54, 1.807) is 13.0 Å². The molecule has 1 rings (SSSR count). The first-order valence-corrected chi connectivity index (χ1v) is 6.49. The normalized spacial score (nSPS) is 13.0. The van der Waals surface area contributed by atoms with Gasteiger partial charge in [0.1, 0.15) is 0 Å². The number of hydrogen-bond donors (Lipinski definition) is 1. The fraction of sp³-hybridized carbons (Fsp3) is 0.364. The summed E-state index contributed by atoms with van der Waals surface area (Å²) in [7, 11) is -2.09. The minimum Gasteiger partial charge on any atom is -0.383 e. The Morgan fingerprint density at radius 2 is 2.24 bits per heavy atom. The van der Waals surface area contributed by atoms with Gasteiger partial charge in [0.05, 0.1) is 23.1 Å². The smallest absolute Gasteiger partial charge is 0.240 e. The summed E-state index contributed by atoms with van der Waals surface area (Å²) in [6.45, 7) is 1.99. The molecule has 0 aliphatic heterocycles. The van der Waals surface area contributed by atoms with Crippen LogP contribution in [0.15, 0.2) is 29.2 Å². The largest absolute Gasteiger partial charge is 0.383 e. The van der Waals surface area contributed by atoms with Gasteiger partial charge in [-0.05, 0) is 25.1 Å². The van der Waals surface area contributed by atoms with Crippen molar-refractivity contribution in [3.63, 3.8) is 0 Å². The Kier molecular flexibility index (Phi) is 4.63. The van der Waals surface area contributed by atoms with Gasteiger partial charge in [-0.25, -0.2) is 13.1 Å². The van der Waals surface area contributed by atoms with E-state index in [1.807, 2.05) is 6.07 Å². The second-order valence-corrected chi connectivity index (χ2v) is 5.33. The fourth-order valence-corrected chi connectivity index (χ4v) is 2.62. The highest BCUT2D eigenvalue weighted by atomic mass is 32.2. The van der Waals surface area contributed by atoms with Crippen LogP contribution in [-0.2, 0) is 14.8 Å². The molecule has 5 nitrogen and oxygen atoms in total. The highest BCUT2D eigenvalue weighted by Gasteiger charge is 2.17. The molecule has 0 spiro atoms. The van der Waals surface area contributed by atoms with Crippen molar-refractivity contribution in [2.75, 3.05) is 13.7 Å². The lowest BCUT2D eigenvalue weighted by Gasteiger charge is -2.13.